The van der Waals surface area contributed by atoms with E-state index in [1.807, 2.05) is 6.07 Å². The highest BCUT2D eigenvalue weighted by Crippen LogP contribution is 2.35. The fourth-order valence-corrected chi connectivity index (χ4v) is 3.46. The molecular weight excluding hydrogens is 447 g/mol. The Morgan fingerprint density at radius 1 is 1.03 bits per heavy atom. The molecule has 0 atom stereocenters. The lowest BCUT2D eigenvalue weighted by Crippen LogP contribution is -2.19. The summed E-state index contributed by atoms with van der Waals surface area (Å²) < 4.78 is 48.0. The van der Waals surface area contributed by atoms with Crippen LogP contribution in [0.25, 0.3) is 22.8 Å². The molecular formula is C25H18F3N3O3. The lowest BCUT2D eigenvalue weighted by molar-refractivity contribution is -0.136. The van der Waals surface area contributed by atoms with Crippen molar-refractivity contribution >= 4 is 34.6 Å². The molecule has 0 aliphatic rings. The summed E-state index contributed by atoms with van der Waals surface area (Å²) in [6, 6.07) is 19.3. The second kappa shape index (κ2) is 9.22. The van der Waals surface area contributed by atoms with Gasteiger partial charge in [0.15, 0.2) is 11.1 Å². The van der Waals surface area contributed by atoms with Crippen molar-refractivity contribution in [3.8, 4) is 5.69 Å². The van der Waals surface area contributed by atoms with Crippen LogP contribution in [0.2, 0.25) is 0 Å². The minimum Gasteiger partial charge on any atom is -0.466 e. The molecule has 0 radical (unpaired) electrons. The number of aromatic nitrogens is 2. The maximum absolute atomic E-state index is 14.0. The quantitative estimate of drug-likeness (QED) is 0.318. The Bertz CT molecular complexity index is 1430. The maximum Gasteiger partial charge on any atom is 0.417 e. The summed E-state index contributed by atoms with van der Waals surface area (Å²) in [5, 5.41) is 2.51. The first-order valence-corrected chi connectivity index (χ1v) is 10.1. The van der Waals surface area contributed by atoms with Crippen LogP contribution >= 0.6 is 0 Å². The van der Waals surface area contributed by atoms with Crippen LogP contribution in [0.15, 0.2) is 83.7 Å². The third kappa shape index (κ3) is 4.68. The molecule has 172 valence electrons. The van der Waals surface area contributed by atoms with E-state index in [-0.39, 0.29) is 17.2 Å². The van der Waals surface area contributed by atoms with Gasteiger partial charge in [-0.3, -0.25) is 9.36 Å². The molecule has 0 aliphatic carbocycles. The molecule has 2 aromatic heterocycles. The van der Waals surface area contributed by atoms with E-state index in [1.165, 1.54) is 4.57 Å². The van der Waals surface area contributed by atoms with Gasteiger partial charge in [0.1, 0.15) is 5.82 Å². The van der Waals surface area contributed by atoms with Gasteiger partial charge in [0.05, 0.1) is 23.8 Å². The van der Waals surface area contributed by atoms with E-state index in [0.29, 0.717) is 11.4 Å². The monoisotopic (exact) mass is 465 g/mol. The van der Waals surface area contributed by atoms with E-state index in [4.69, 9.17) is 0 Å². The Hall–Kier alpha value is -4.40. The van der Waals surface area contributed by atoms with Gasteiger partial charge in [0, 0.05) is 23.5 Å². The Balaban J connectivity index is 2.09. The highest BCUT2D eigenvalue weighted by molar-refractivity contribution is 5.89. The normalized spacial score (nSPS) is 11.6. The lowest BCUT2D eigenvalue weighted by Gasteiger charge is -2.20. The Morgan fingerprint density at radius 3 is 2.29 bits per heavy atom. The summed E-state index contributed by atoms with van der Waals surface area (Å²) in [6.45, 7) is 0. The molecule has 0 unspecified atom stereocenters. The van der Waals surface area contributed by atoms with Crippen molar-refractivity contribution in [2.75, 3.05) is 12.4 Å². The zero-order valence-electron chi connectivity index (χ0n) is 17.8. The van der Waals surface area contributed by atoms with Crippen LogP contribution < -0.4 is 10.7 Å². The molecule has 1 N–H and O–H groups in total. The highest BCUT2D eigenvalue weighted by atomic mass is 19.4. The zero-order chi connectivity index (χ0) is 24.3. The van der Waals surface area contributed by atoms with Crippen LogP contribution in [-0.4, -0.2) is 22.6 Å². The smallest absolute Gasteiger partial charge is 0.417 e. The fraction of sp³-hybridized carbons (Fsp3) is 0.0800. The van der Waals surface area contributed by atoms with E-state index in [2.05, 4.69) is 15.0 Å². The molecule has 4 aromatic rings. The van der Waals surface area contributed by atoms with Crippen molar-refractivity contribution in [2.45, 2.75) is 6.18 Å². The number of pyridine rings is 2. The van der Waals surface area contributed by atoms with Crippen molar-refractivity contribution < 1.29 is 22.7 Å². The molecule has 2 aromatic carbocycles. The number of alkyl halides is 3. The lowest BCUT2D eigenvalue weighted by atomic mass is 10.1. The fourth-order valence-electron chi connectivity index (χ4n) is 3.46. The SMILES string of the molecule is COC(=O)/C=C/c1cc(C(F)(F)F)c2c(=O)cc(Nc3ccccc3)n(-c3ccccc3)c2n1. The number of nitrogens with zero attached hydrogens (tertiary/aromatic N) is 2. The molecule has 0 aliphatic heterocycles. The Labute approximate surface area is 191 Å². The Kier molecular flexibility index (Phi) is 6.18. The van der Waals surface area contributed by atoms with Crippen LogP contribution in [0, 0.1) is 0 Å². The minimum absolute atomic E-state index is 0.161. The summed E-state index contributed by atoms with van der Waals surface area (Å²) in [5.41, 5.74) is -1.25. The van der Waals surface area contributed by atoms with Gasteiger partial charge >= 0.3 is 12.1 Å². The van der Waals surface area contributed by atoms with Gasteiger partial charge in [0.25, 0.3) is 0 Å². The number of fused-ring (bicyclic) bond motifs is 1. The molecule has 0 saturated carbocycles. The summed E-state index contributed by atoms with van der Waals surface area (Å²) in [5.74, 6) is -0.528. The number of para-hydroxylation sites is 2. The standard InChI is InChI=1S/C25H18F3N3O3/c1-34-22(33)13-12-17-14-19(25(26,27)28)23-20(32)15-21(29-16-8-4-2-5-9-16)31(24(23)30-17)18-10-6-3-7-11-18/h2-15,29H,1H3/b13-12+. The number of methoxy groups -OCH3 is 1. The molecule has 6 nitrogen and oxygen atoms in total. The molecule has 9 heteroatoms. The van der Waals surface area contributed by atoms with Crippen molar-refractivity contribution in [3.05, 3.63) is 100 Å². The average molecular weight is 465 g/mol. The largest absolute Gasteiger partial charge is 0.466 e. The molecule has 0 amide bonds. The summed E-state index contributed by atoms with van der Waals surface area (Å²) in [4.78, 5) is 28.8. The third-order valence-electron chi connectivity index (χ3n) is 4.94. The number of hydrogen-bond donors (Lipinski definition) is 1. The predicted molar refractivity (Wildman–Crippen MR) is 123 cm³/mol. The van der Waals surface area contributed by atoms with Crippen molar-refractivity contribution in [1.82, 2.24) is 9.55 Å². The van der Waals surface area contributed by atoms with Gasteiger partial charge < -0.3 is 10.1 Å². The summed E-state index contributed by atoms with van der Waals surface area (Å²) >= 11 is 0. The van der Waals surface area contributed by atoms with Gasteiger partial charge in [0.2, 0.25) is 0 Å². The number of benzene rings is 2. The van der Waals surface area contributed by atoms with E-state index in [9.17, 15) is 22.8 Å². The molecule has 2 heterocycles. The molecule has 0 saturated heterocycles. The van der Waals surface area contributed by atoms with E-state index >= 15 is 0 Å². The number of nitrogens with one attached hydrogen (secondary N) is 1. The minimum atomic E-state index is -4.84. The maximum atomic E-state index is 14.0. The first-order chi connectivity index (χ1) is 16.3. The molecule has 4 rings (SSSR count). The van der Waals surface area contributed by atoms with Crippen LogP contribution in [0.3, 0.4) is 0 Å². The first kappa shape index (κ1) is 22.8. The number of halogens is 3. The number of carbonyl (C=O) groups is 1. The Morgan fingerprint density at radius 2 is 1.68 bits per heavy atom. The van der Waals surface area contributed by atoms with E-state index < -0.39 is 28.5 Å². The third-order valence-corrected chi connectivity index (χ3v) is 4.94. The first-order valence-electron chi connectivity index (χ1n) is 10.1. The number of hydrogen-bond acceptors (Lipinski definition) is 5. The van der Waals surface area contributed by atoms with Crippen LogP contribution in [0.5, 0.6) is 0 Å². The molecule has 34 heavy (non-hydrogen) atoms. The summed E-state index contributed by atoms with van der Waals surface area (Å²) in [7, 11) is 1.15. The van der Waals surface area contributed by atoms with Gasteiger partial charge in [-0.05, 0) is 36.4 Å². The van der Waals surface area contributed by atoms with Crippen LogP contribution in [0.1, 0.15) is 11.3 Å². The van der Waals surface area contributed by atoms with E-state index in [0.717, 1.165) is 31.4 Å². The number of anilines is 2. The summed E-state index contributed by atoms with van der Waals surface area (Å²) in [6.07, 6.45) is -2.76. The number of ether oxygens (including phenoxy) is 1. The van der Waals surface area contributed by atoms with Crippen molar-refractivity contribution in [1.29, 1.82) is 0 Å². The number of rotatable bonds is 5. The molecule has 0 bridgehead atoms. The van der Waals surface area contributed by atoms with Gasteiger partial charge in [-0.15, -0.1) is 0 Å². The van der Waals surface area contributed by atoms with Crippen molar-refractivity contribution in [2.24, 2.45) is 0 Å². The predicted octanol–water partition coefficient (Wildman–Crippen LogP) is 5.33. The topological polar surface area (TPSA) is 73.2 Å². The second-order valence-corrected chi connectivity index (χ2v) is 7.20. The van der Waals surface area contributed by atoms with Gasteiger partial charge in [-0.2, -0.15) is 13.2 Å². The van der Waals surface area contributed by atoms with Crippen molar-refractivity contribution in [3.63, 3.8) is 0 Å². The van der Waals surface area contributed by atoms with Gasteiger partial charge in [-0.25, -0.2) is 9.78 Å². The van der Waals surface area contributed by atoms with Crippen LogP contribution in [-0.2, 0) is 15.7 Å². The number of carbonyl (C=O) groups excluding carboxylic acids is 1. The highest BCUT2D eigenvalue weighted by Gasteiger charge is 2.35. The zero-order valence-corrected chi connectivity index (χ0v) is 17.8. The van der Waals surface area contributed by atoms with E-state index in [1.54, 1.807) is 54.6 Å². The average Bonchev–Trinajstić information content (AvgIpc) is 2.82. The molecule has 0 fully saturated rings. The molecule has 0 spiro atoms. The van der Waals surface area contributed by atoms with Crippen LogP contribution in [0.4, 0.5) is 24.7 Å². The second-order valence-electron chi connectivity index (χ2n) is 7.20. The number of esters is 1. The van der Waals surface area contributed by atoms with Gasteiger partial charge in [-0.1, -0.05) is 36.4 Å².